The van der Waals surface area contributed by atoms with E-state index >= 15 is 4.39 Å². The van der Waals surface area contributed by atoms with E-state index < -0.39 is 29.2 Å². The van der Waals surface area contributed by atoms with Crippen molar-refractivity contribution in [3.8, 4) is 17.3 Å². The maximum atomic E-state index is 15.3. The molecule has 1 amide bonds. The number of aliphatic hydroxyl groups is 1. The van der Waals surface area contributed by atoms with Crippen LogP contribution in [0.25, 0.3) is 11.3 Å². The van der Waals surface area contributed by atoms with Gasteiger partial charge in [-0.2, -0.15) is 10.3 Å². The molecule has 2 aliphatic heterocycles. The summed E-state index contributed by atoms with van der Waals surface area (Å²) < 4.78 is 35.1. The van der Waals surface area contributed by atoms with E-state index in [0.717, 1.165) is 36.6 Å². The van der Waals surface area contributed by atoms with Gasteiger partial charge in [0, 0.05) is 41.6 Å². The SMILES string of the molecule is C[C@@H](c1nc(-c2ccc(C#N)cc2)cs1)[C@](O)(C[N+]1(CCOC(=O)N2CCC[C@H]2CN)C=NC=N1)c1cc(F)ccc1F. The number of nitrogens with zero attached hydrogens (tertiary/aromatic N) is 6. The summed E-state index contributed by atoms with van der Waals surface area (Å²) in [6, 6.07) is 11.9. The largest absolute Gasteiger partial charge is 0.443 e. The molecule has 5 rings (SSSR count). The van der Waals surface area contributed by atoms with Crippen LogP contribution in [0.2, 0.25) is 0 Å². The van der Waals surface area contributed by atoms with Crippen LogP contribution in [-0.4, -0.2) is 77.2 Å². The predicted molar refractivity (Wildman–Crippen MR) is 158 cm³/mol. The molecule has 2 aliphatic rings. The number of amides is 1. The number of aromatic nitrogens is 1. The Hall–Kier alpha value is -4.09. The first kappa shape index (κ1) is 30.4. The Labute approximate surface area is 251 Å². The molecule has 0 aliphatic carbocycles. The Bertz CT molecular complexity index is 1560. The number of aliphatic imine (C=N–C) groups is 1. The third kappa shape index (κ3) is 6.33. The van der Waals surface area contributed by atoms with Gasteiger partial charge in [0.15, 0.2) is 11.9 Å². The van der Waals surface area contributed by atoms with Crippen LogP contribution in [0.5, 0.6) is 0 Å². The van der Waals surface area contributed by atoms with Crippen LogP contribution in [0.3, 0.4) is 0 Å². The van der Waals surface area contributed by atoms with E-state index in [1.54, 1.807) is 36.1 Å². The fourth-order valence-corrected chi connectivity index (χ4v) is 6.50. The summed E-state index contributed by atoms with van der Waals surface area (Å²) in [6.07, 6.45) is 3.97. The number of ether oxygens (including phenoxy) is 1. The molecular formula is C30H32F2N7O3S+. The number of hydrogen-bond acceptors (Lipinski definition) is 9. The lowest BCUT2D eigenvalue weighted by molar-refractivity contribution is -0.848. The van der Waals surface area contributed by atoms with E-state index in [1.807, 2.05) is 5.38 Å². The summed E-state index contributed by atoms with van der Waals surface area (Å²) in [7, 11) is 0. The summed E-state index contributed by atoms with van der Waals surface area (Å²) in [4.78, 5) is 23.2. The van der Waals surface area contributed by atoms with E-state index in [9.17, 15) is 14.3 Å². The lowest BCUT2D eigenvalue weighted by Gasteiger charge is -2.38. The number of hydrogen-bond donors (Lipinski definition) is 2. The fraction of sp³-hybridized carbons (Fsp3) is 0.367. The summed E-state index contributed by atoms with van der Waals surface area (Å²) in [5.41, 5.74) is 5.43. The van der Waals surface area contributed by atoms with Gasteiger partial charge in [-0.15, -0.1) is 15.9 Å². The molecule has 13 heteroatoms. The Kier molecular flexibility index (Phi) is 8.93. The predicted octanol–water partition coefficient (Wildman–Crippen LogP) is 4.31. The second-order valence-electron chi connectivity index (χ2n) is 10.7. The second kappa shape index (κ2) is 12.6. The lowest BCUT2D eigenvalue weighted by atomic mass is 9.81. The van der Waals surface area contributed by atoms with E-state index in [2.05, 4.69) is 16.2 Å². The molecule has 1 saturated heterocycles. The molecule has 3 aromatic rings. The van der Waals surface area contributed by atoms with Crippen molar-refractivity contribution in [1.82, 2.24) is 9.88 Å². The zero-order chi connectivity index (χ0) is 30.6. The van der Waals surface area contributed by atoms with Crippen LogP contribution in [-0.2, 0) is 10.3 Å². The zero-order valence-corrected chi connectivity index (χ0v) is 24.4. The van der Waals surface area contributed by atoms with Gasteiger partial charge in [0.1, 0.15) is 31.3 Å². The van der Waals surface area contributed by atoms with Crippen LogP contribution in [0.15, 0.2) is 57.9 Å². The van der Waals surface area contributed by atoms with Crippen LogP contribution in [0.4, 0.5) is 13.6 Å². The minimum atomic E-state index is -2.01. The Balaban J connectivity index is 1.43. The first-order chi connectivity index (χ1) is 20.7. The molecule has 1 unspecified atom stereocenters. The Morgan fingerprint density at radius 1 is 1.33 bits per heavy atom. The van der Waals surface area contributed by atoms with Gasteiger partial charge in [0.25, 0.3) is 0 Å². The van der Waals surface area contributed by atoms with Gasteiger partial charge in [-0.3, -0.25) is 0 Å². The lowest BCUT2D eigenvalue weighted by Crippen LogP contribution is -2.54. The fourth-order valence-electron chi connectivity index (χ4n) is 5.53. The summed E-state index contributed by atoms with van der Waals surface area (Å²) in [5.74, 6) is -2.32. The van der Waals surface area contributed by atoms with E-state index in [0.29, 0.717) is 29.4 Å². The highest BCUT2D eigenvalue weighted by atomic mass is 32.1. The number of carbonyl (C=O) groups is 1. The molecule has 1 aromatic heterocycles. The van der Waals surface area contributed by atoms with Gasteiger partial charge in [0.05, 0.1) is 22.3 Å². The normalized spacial score (nSPS) is 21.5. The molecule has 0 bridgehead atoms. The first-order valence-electron chi connectivity index (χ1n) is 13.9. The van der Waals surface area contributed by atoms with Gasteiger partial charge < -0.3 is 20.5 Å². The van der Waals surface area contributed by atoms with E-state index in [-0.39, 0.29) is 35.9 Å². The third-order valence-corrected chi connectivity index (χ3v) is 9.07. The molecule has 10 nitrogen and oxygen atoms in total. The topological polar surface area (TPSA) is 137 Å². The minimum Gasteiger partial charge on any atom is -0.443 e. The Morgan fingerprint density at radius 3 is 2.81 bits per heavy atom. The molecule has 0 spiro atoms. The van der Waals surface area contributed by atoms with Crippen molar-refractivity contribution in [3.05, 3.63) is 75.6 Å². The van der Waals surface area contributed by atoms with Crippen LogP contribution < -0.4 is 5.73 Å². The number of rotatable bonds is 10. The molecule has 0 radical (unpaired) electrons. The van der Waals surface area contributed by atoms with Gasteiger partial charge in [-0.25, -0.2) is 18.6 Å². The maximum absolute atomic E-state index is 15.3. The van der Waals surface area contributed by atoms with Crippen molar-refractivity contribution < 1.29 is 28.0 Å². The van der Waals surface area contributed by atoms with Crippen molar-refractivity contribution in [2.24, 2.45) is 15.8 Å². The molecule has 0 saturated carbocycles. The smallest absolute Gasteiger partial charge is 0.410 e. The molecule has 4 atom stereocenters. The zero-order valence-electron chi connectivity index (χ0n) is 23.6. The molecule has 224 valence electrons. The van der Waals surface area contributed by atoms with Gasteiger partial charge >= 0.3 is 6.09 Å². The molecule has 1 fully saturated rings. The highest BCUT2D eigenvalue weighted by Gasteiger charge is 2.49. The van der Waals surface area contributed by atoms with Crippen molar-refractivity contribution in [1.29, 1.82) is 5.26 Å². The minimum absolute atomic E-state index is 0.0633. The number of nitrogens with two attached hydrogens (primary N) is 1. The van der Waals surface area contributed by atoms with Gasteiger partial charge in [-0.05, 0) is 43.2 Å². The van der Waals surface area contributed by atoms with Crippen LogP contribution >= 0.6 is 11.3 Å². The third-order valence-electron chi connectivity index (χ3n) is 8.05. The van der Waals surface area contributed by atoms with Gasteiger partial charge in [0.2, 0.25) is 6.34 Å². The number of benzene rings is 2. The van der Waals surface area contributed by atoms with E-state index in [1.165, 1.54) is 24.0 Å². The molecule has 3 N–H and O–H groups in total. The number of halogens is 2. The second-order valence-corrected chi connectivity index (χ2v) is 11.6. The van der Waals surface area contributed by atoms with Crippen molar-refractivity contribution in [2.75, 3.05) is 32.8 Å². The number of likely N-dealkylation sites (tertiary alicyclic amines) is 1. The molecule has 2 aromatic carbocycles. The first-order valence-corrected chi connectivity index (χ1v) is 14.8. The average Bonchev–Trinajstić information content (AvgIpc) is 3.79. The average molecular weight is 609 g/mol. The summed E-state index contributed by atoms with van der Waals surface area (Å²) >= 11 is 1.27. The molecule has 3 heterocycles. The number of nitriles is 1. The maximum Gasteiger partial charge on any atom is 0.410 e. The highest BCUT2D eigenvalue weighted by molar-refractivity contribution is 7.10. The quantitative estimate of drug-likeness (QED) is 0.329. The summed E-state index contributed by atoms with van der Waals surface area (Å²) in [6.45, 7) is 2.39. The number of carbonyl (C=O) groups excluding carboxylic acids is 1. The number of thiazole rings is 1. The number of quaternary nitrogens is 1. The standard InChI is InChI=1S/C30H32F2N7O3S/c1-20(28-37-27(16-43-28)22-6-4-21(14-33)5-7-22)30(41,25-13-23(31)8-9-26(25)32)17-39(19-35-18-36-39)11-12-42-29(40)38-10-2-3-24(38)15-34/h4-9,13,16,18-20,24,41H,2-3,10-12,15,17,34H2,1H3/q+1/t20-,24-,30+,39?/m0/s1. The van der Waals surface area contributed by atoms with Crippen molar-refractivity contribution in [3.63, 3.8) is 0 Å². The van der Waals surface area contributed by atoms with Crippen molar-refractivity contribution >= 4 is 30.1 Å². The molecule has 43 heavy (non-hydrogen) atoms. The summed E-state index contributed by atoms with van der Waals surface area (Å²) in [5, 5.41) is 28.2. The van der Waals surface area contributed by atoms with Gasteiger partial charge in [-0.1, -0.05) is 24.2 Å². The molecular weight excluding hydrogens is 576 g/mol. The van der Waals surface area contributed by atoms with E-state index in [4.69, 9.17) is 20.7 Å². The van der Waals surface area contributed by atoms with Crippen LogP contribution in [0.1, 0.15) is 41.8 Å². The van der Waals surface area contributed by atoms with Crippen molar-refractivity contribution in [2.45, 2.75) is 37.3 Å². The van der Waals surface area contributed by atoms with Crippen LogP contribution in [0, 0.1) is 23.0 Å². The monoisotopic (exact) mass is 608 g/mol. The Morgan fingerprint density at radius 2 is 2.12 bits per heavy atom. The highest BCUT2D eigenvalue weighted by Crippen LogP contribution is 2.42.